The molecule has 0 aliphatic carbocycles. The van der Waals surface area contributed by atoms with Gasteiger partial charge in [-0.25, -0.2) is 14.6 Å². The van der Waals surface area contributed by atoms with E-state index in [4.69, 9.17) is 4.98 Å². The summed E-state index contributed by atoms with van der Waals surface area (Å²) in [6.45, 7) is 3.81. The first-order valence-electron chi connectivity index (χ1n) is 9.67. The van der Waals surface area contributed by atoms with E-state index in [0.29, 0.717) is 43.2 Å². The van der Waals surface area contributed by atoms with Crippen LogP contribution in [0.1, 0.15) is 18.9 Å². The fraction of sp³-hybridized carbons (Fsp3) is 0.300. The maximum absolute atomic E-state index is 12.2. The number of carbonyl (C=O) groups excluding carboxylic acids is 1. The SMILES string of the molecule is CCC1C(=O)NCCN1c1cnc2nnn(Cc3ccc4ncccc4c3)c2n1. The Morgan fingerprint density at radius 3 is 3.07 bits per heavy atom. The van der Waals surface area contributed by atoms with Crippen LogP contribution in [0.2, 0.25) is 0 Å². The summed E-state index contributed by atoms with van der Waals surface area (Å²) in [6, 6.07) is 9.84. The van der Waals surface area contributed by atoms with E-state index in [1.807, 2.05) is 36.1 Å². The highest BCUT2D eigenvalue weighted by molar-refractivity contribution is 5.86. The van der Waals surface area contributed by atoms with Gasteiger partial charge >= 0.3 is 0 Å². The number of carbonyl (C=O) groups is 1. The Morgan fingerprint density at radius 1 is 1.24 bits per heavy atom. The molecule has 5 rings (SSSR count). The lowest BCUT2D eigenvalue weighted by Crippen LogP contribution is -2.55. The second-order valence-electron chi connectivity index (χ2n) is 7.06. The van der Waals surface area contributed by atoms with Crippen molar-refractivity contribution in [2.45, 2.75) is 25.9 Å². The van der Waals surface area contributed by atoms with Crippen LogP contribution in [0.5, 0.6) is 0 Å². The van der Waals surface area contributed by atoms with Crippen LogP contribution in [0.15, 0.2) is 42.7 Å². The van der Waals surface area contributed by atoms with Gasteiger partial charge in [0.25, 0.3) is 0 Å². The van der Waals surface area contributed by atoms with Gasteiger partial charge < -0.3 is 10.2 Å². The first-order chi connectivity index (χ1) is 14.2. The molecule has 1 amide bonds. The number of fused-ring (bicyclic) bond motifs is 2. The van der Waals surface area contributed by atoms with Crippen LogP contribution >= 0.6 is 0 Å². The van der Waals surface area contributed by atoms with Crippen molar-refractivity contribution in [3.05, 3.63) is 48.3 Å². The van der Waals surface area contributed by atoms with Crippen molar-refractivity contribution in [1.29, 1.82) is 0 Å². The van der Waals surface area contributed by atoms with E-state index in [-0.39, 0.29) is 11.9 Å². The van der Waals surface area contributed by atoms with Crippen molar-refractivity contribution in [2.24, 2.45) is 0 Å². The number of hydrogen-bond acceptors (Lipinski definition) is 7. The fourth-order valence-electron chi connectivity index (χ4n) is 3.78. The predicted octanol–water partition coefficient (Wildman–Crippen LogP) is 1.53. The number of nitrogens with zero attached hydrogens (tertiary/aromatic N) is 7. The Labute approximate surface area is 166 Å². The number of pyridine rings is 1. The summed E-state index contributed by atoms with van der Waals surface area (Å²) in [5, 5.41) is 12.4. The molecule has 4 aromatic rings. The maximum Gasteiger partial charge on any atom is 0.242 e. The molecule has 3 aromatic heterocycles. The third kappa shape index (κ3) is 3.14. The number of piperazine rings is 1. The van der Waals surface area contributed by atoms with Gasteiger partial charge in [0.1, 0.15) is 6.04 Å². The van der Waals surface area contributed by atoms with Gasteiger partial charge in [-0.05, 0) is 30.2 Å². The summed E-state index contributed by atoms with van der Waals surface area (Å²) in [6.07, 6.45) is 4.16. The molecule has 1 aromatic carbocycles. The zero-order valence-corrected chi connectivity index (χ0v) is 16.0. The number of benzene rings is 1. The highest BCUT2D eigenvalue weighted by atomic mass is 16.2. The molecule has 146 valence electrons. The molecule has 1 aliphatic rings. The summed E-state index contributed by atoms with van der Waals surface area (Å²) in [5.41, 5.74) is 3.13. The first-order valence-corrected chi connectivity index (χ1v) is 9.67. The van der Waals surface area contributed by atoms with Gasteiger partial charge in [-0.1, -0.05) is 24.3 Å². The predicted molar refractivity (Wildman–Crippen MR) is 108 cm³/mol. The van der Waals surface area contributed by atoms with Gasteiger partial charge in [0.05, 0.1) is 18.3 Å². The molecule has 0 bridgehead atoms. The van der Waals surface area contributed by atoms with Crippen molar-refractivity contribution in [3.8, 4) is 0 Å². The first kappa shape index (κ1) is 17.5. The molecule has 9 nitrogen and oxygen atoms in total. The molecule has 0 radical (unpaired) electrons. The van der Waals surface area contributed by atoms with Gasteiger partial charge in [-0.3, -0.25) is 9.78 Å². The largest absolute Gasteiger partial charge is 0.353 e. The zero-order valence-electron chi connectivity index (χ0n) is 16.0. The number of anilines is 1. The van der Waals surface area contributed by atoms with Crippen molar-refractivity contribution in [2.75, 3.05) is 18.0 Å². The minimum atomic E-state index is -0.243. The smallest absolute Gasteiger partial charge is 0.242 e. The molecule has 1 aliphatic heterocycles. The van der Waals surface area contributed by atoms with Crippen LogP contribution in [0, 0.1) is 0 Å². The van der Waals surface area contributed by atoms with E-state index < -0.39 is 0 Å². The van der Waals surface area contributed by atoms with E-state index in [9.17, 15) is 4.79 Å². The Bertz CT molecular complexity index is 1200. The quantitative estimate of drug-likeness (QED) is 0.566. The number of aromatic nitrogens is 6. The highest BCUT2D eigenvalue weighted by Crippen LogP contribution is 2.21. The lowest BCUT2D eigenvalue weighted by atomic mass is 10.1. The van der Waals surface area contributed by atoms with Crippen LogP contribution in [0.3, 0.4) is 0 Å². The van der Waals surface area contributed by atoms with E-state index in [1.165, 1.54) is 0 Å². The highest BCUT2D eigenvalue weighted by Gasteiger charge is 2.29. The topological polar surface area (TPSA) is 102 Å². The molecule has 1 fully saturated rings. The monoisotopic (exact) mass is 388 g/mol. The Balaban J connectivity index is 1.50. The maximum atomic E-state index is 12.2. The third-order valence-electron chi connectivity index (χ3n) is 5.23. The van der Waals surface area contributed by atoms with Crippen LogP contribution in [-0.2, 0) is 11.3 Å². The van der Waals surface area contributed by atoms with Crippen LogP contribution in [0.4, 0.5) is 5.82 Å². The molecule has 0 spiro atoms. The normalized spacial score (nSPS) is 17.1. The second kappa shape index (κ2) is 7.08. The number of amides is 1. The van der Waals surface area contributed by atoms with E-state index in [1.54, 1.807) is 17.1 Å². The van der Waals surface area contributed by atoms with E-state index >= 15 is 0 Å². The zero-order chi connectivity index (χ0) is 19.8. The summed E-state index contributed by atoms with van der Waals surface area (Å²) >= 11 is 0. The Morgan fingerprint density at radius 2 is 2.17 bits per heavy atom. The molecule has 1 N–H and O–H groups in total. The van der Waals surface area contributed by atoms with Crippen LogP contribution < -0.4 is 10.2 Å². The molecule has 1 saturated heterocycles. The van der Waals surface area contributed by atoms with E-state index in [2.05, 4.69) is 31.7 Å². The van der Waals surface area contributed by atoms with Gasteiger partial charge in [0.2, 0.25) is 11.6 Å². The third-order valence-corrected chi connectivity index (χ3v) is 5.23. The molecule has 0 saturated carbocycles. The number of hydrogen-bond donors (Lipinski definition) is 1. The van der Waals surface area contributed by atoms with Crippen LogP contribution in [-0.4, -0.2) is 55.0 Å². The molecule has 9 heteroatoms. The van der Waals surface area contributed by atoms with Crippen molar-refractivity contribution in [3.63, 3.8) is 0 Å². The van der Waals surface area contributed by atoms with Crippen molar-refractivity contribution in [1.82, 2.24) is 35.3 Å². The lowest BCUT2D eigenvalue weighted by molar-refractivity contribution is -0.123. The molecule has 1 unspecified atom stereocenters. The van der Waals surface area contributed by atoms with Gasteiger partial charge in [-0.2, -0.15) is 0 Å². The van der Waals surface area contributed by atoms with Crippen LogP contribution in [0.25, 0.3) is 22.2 Å². The molecular formula is C20H20N8O. The Hall–Kier alpha value is -3.62. The van der Waals surface area contributed by atoms with E-state index in [0.717, 1.165) is 16.5 Å². The summed E-state index contributed by atoms with van der Waals surface area (Å²) < 4.78 is 1.74. The standard InChI is InChI=1S/C20H20N8O/c1-2-16-20(29)22-8-9-27(16)17-11-23-18-19(24-17)28(26-25-18)12-13-5-6-15-14(10-13)4-3-7-21-15/h3-7,10-11,16H,2,8-9,12H2,1H3,(H,22,29). The minimum Gasteiger partial charge on any atom is -0.353 e. The number of rotatable bonds is 4. The Kier molecular flexibility index (Phi) is 4.27. The average Bonchev–Trinajstić information content (AvgIpc) is 3.15. The minimum absolute atomic E-state index is 0.0250. The van der Waals surface area contributed by atoms with Gasteiger partial charge in [0, 0.05) is 24.7 Å². The molecule has 29 heavy (non-hydrogen) atoms. The molecule has 4 heterocycles. The summed E-state index contributed by atoms with van der Waals surface area (Å²) in [5.74, 6) is 0.697. The van der Waals surface area contributed by atoms with Gasteiger partial charge in [-0.15, -0.1) is 5.10 Å². The molecule has 1 atom stereocenters. The van der Waals surface area contributed by atoms with Gasteiger partial charge in [0.15, 0.2) is 11.5 Å². The second-order valence-corrected chi connectivity index (χ2v) is 7.06. The summed E-state index contributed by atoms with van der Waals surface area (Å²) in [4.78, 5) is 27.7. The average molecular weight is 388 g/mol. The van der Waals surface area contributed by atoms with Crippen molar-refractivity contribution >= 4 is 33.9 Å². The fourth-order valence-corrected chi connectivity index (χ4v) is 3.78. The lowest BCUT2D eigenvalue weighted by Gasteiger charge is -2.35. The van der Waals surface area contributed by atoms with Crippen molar-refractivity contribution < 1.29 is 4.79 Å². The summed E-state index contributed by atoms with van der Waals surface area (Å²) in [7, 11) is 0. The number of nitrogens with one attached hydrogen (secondary N) is 1. The molecular weight excluding hydrogens is 368 g/mol.